The van der Waals surface area contributed by atoms with Gasteiger partial charge in [-0.25, -0.2) is 8.42 Å². The standard InChI is InChI=1S/C22H29BrN2O4S/c1-17(2)29-14-4-13-24-22(26)16-25(15-19-7-9-20(23)10-8-19)30(27,28)21-11-5-18(3)6-12-21/h5-12,17H,4,13-16H2,1-3H3,(H,24,26). The van der Waals surface area contributed by atoms with Gasteiger partial charge in [-0.15, -0.1) is 0 Å². The van der Waals surface area contributed by atoms with Crippen molar-refractivity contribution >= 4 is 31.9 Å². The topological polar surface area (TPSA) is 75.7 Å². The van der Waals surface area contributed by atoms with Crippen molar-refractivity contribution in [2.24, 2.45) is 0 Å². The Kier molecular flexibility index (Phi) is 9.48. The summed E-state index contributed by atoms with van der Waals surface area (Å²) in [5, 5.41) is 2.78. The zero-order valence-electron chi connectivity index (χ0n) is 17.6. The van der Waals surface area contributed by atoms with Crippen molar-refractivity contribution < 1.29 is 17.9 Å². The summed E-state index contributed by atoms with van der Waals surface area (Å²) in [6, 6.07) is 14.0. The molecule has 0 aliphatic heterocycles. The van der Waals surface area contributed by atoms with Gasteiger partial charge in [0.1, 0.15) is 0 Å². The first-order valence-corrected chi connectivity index (χ1v) is 12.1. The molecule has 164 valence electrons. The van der Waals surface area contributed by atoms with Gasteiger partial charge < -0.3 is 10.1 Å². The Bertz CT molecular complexity index is 913. The van der Waals surface area contributed by atoms with Crippen molar-refractivity contribution in [1.29, 1.82) is 0 Å². The average Bonchev–Trinajstić information content (AvgIpc) is 2.69. The molecule has 0 heterocycles. The van der Waals surface area contributed by atoms with E-state index < -0.39 is 10.0 Å². The van der Waals surface area contributed by atoms with Crippen molar-refractivity contribution in [3.63, 3.8) is 0 Å². The van der Waals surface area contributed by atoms with E-state index in [1.54, 1.807) is 24.3 Å². The summed E-state index contributed by atoms with van der Waals surface area (Å²) in [6.45, 7) is 6.63. The van der Waals surface area contributed by atoms with Gasteiger partial charge in [-0.1, -0.05) is 45.8 Å². The maximum Gasteiger partial charge on any atom is 0.243 e. The highest BCUT2D eigenvalue weighted by Crippen LogP contribution is 2.20. The number of halogens is 1. The summed E-state index contributed by atoms with van der Waals surface area (Å²) in [7, 11) is -3.83. The van der Waals surface area contributed by atoms with Crippen LogP contribution < -0.4 is 5.32 Å². The Morgan fingerprint density at radius 2 is 1.73 bits per heavy atom. The van der Waals surface area contributed by atoms with Crippen molar-refractivity contribution in [2.45, 2.75) is 44.7 Å². The number of nitrogens with one attached hydrogen (secondary N) is 1. The van der Waals surface area contributed by atoms with Crippen LogP contribution in [0, 0.1) is 6.92 Å². The first-order chi connectivity index (χ1) is 14.2. The van der Waals surface area contributed by atoms with Crippen LogP contribution in [0.3, 0.4) is 0 Å². The van der Waals surface area contributed by atoms with Crippen LogP contribution in [-0.4, -0.2) is 44.4 Å². The normalized spacial score (nSPS) is 11.8. The lowest BCUT2D eigenvalue weighted by atomic mass is 10.2. The SMILES string of the molecule is Cc1ccc(S(=O)(=O)N(CC(=O)NCCCOC(C)C)Cc2ccc(Br)cc2)cc1. The predicted molar refractivity (Wildman–Crippen MR) is 122 cm³/mol. The Morgan fingerprint density at radius 1 is 1.10 bits per heavy atom. The third kappa shape index (κ3) is 7.83. The molecule has 0 aliphatic rings. The summed E-state index contributed by atoms with van der Waals surface area (Å²) in [6.07, 6.45) is 0.809. The molecule has 0 aliphatic carbocycles. The van der Waals surface area contributed by atoms with Crippen molar-refractivity contribution in [2.75, 3.05) is 19.7 Å². The van der Waals surface area contributed by atoms with E-state index in [0.717, 1.165) is 15.6 Å². The van der Waals surface area contributed by atoms with E-state index in [-0.39, 0.29) is 30.0 Å². The smallest absolute Gasteiger partial charge is 0.243 e. The van der Waals surface area contributed by atoms with Gasteiger partial charge in [0.15, 0.2) is 0 Å². The van der Waals surface area contributed by atoms with E-state index in [0.29, 0.717) is 19.6 Å². The fraction of sp³-hybridized carbons (Fsp3) is 0.409. The molecule has 0 fully saturated rings. The number of carbonyl (C=O) groups is 1. The maximum absolute atomic E-state index is 13.2. The summed E-state index contributed by atoms with van der Waals surface area (Å²) in [5.41, 5.74) is 1.77. The summed E-state index contributed by atoms with van der Waals surface area (Å²) >= 11 is 3.38. The Morgan fingerprint density at radius 3 is 2.33 bits per heavy atom. The van der Waals surface area contributed by atoms with E-state index in [1.165, 1.54) is 4.31 Å². The second-order valence-electron chi connectivity index (χ2n) is 7.34. The molecule has 0 saturated carbocycles. The van der Waals surface area contributed by atoms with Gasteiger partial charge in [0.2, 0.25) is 15.9 Å². The number of carbonyl (C=O) groups excluding carboxylic acids is 1. The van der Waals surface area contributed by atoms with E-state index in [1.807, 2.05) is 45.0 Å². The van der Waals surface area contributed by atoms with Gasteiger partial charge >= 0.3 is 0 Å². The molecule has 2 aromatic carbocycles. The number of ether oxygens (including phenoxy) is 1. The highest BCUT2D eigenvalue weighted by atomic mass is 79.9. The third-order valence-electron chi connectivity index (χ3n) is 4.35. The molecule has 30 heavy (non-hydrogen) atoms. The Balaban J connectivity index is 2.11. The Labute approximate surface area is 187 Å². The van der Waals surface area contributed by atoms with E-state index in [4.69, 9.17) is 4.74 Å². The molecular formula is C22H29BrN2O4S. The molecule has 1 amide bonds. The minimum atomic E-state index is -3.83. The summed E-state index contributed by atoms with van der Waals surface area (Å²) in [5.74, 6) is -0.340. The zero-order chi connectivity index (χ0) is 22.1. The first-order valence-electron chi connectivity index (χ1n) is 9.88. The predicted octanol–water partition coefficient (Wildman–Crippen LogP) is 3.88. The monoisotopic (exact) mass is 496 g/mol. The van der Waals surface area contributed by atoms with Crippen molar-refractivity contribution in [3.05, 3.63) is 64.1 Å². The highest BCUT2D eigenvalue weighted by Gasteiger charge is 2.26. The van der Waals surface area contributed by atoms with Gasteiger partial charge in [-0.2, -0.15) is 4.31 Å². The lowest BCUT2D eigenvalue weighted by Gasteiger charge is -2.22. The fourth-order valence-corrected chi connectivity index (χ4v) is 4.36. The fourth-order valence-electron chi connectivity index (χ4n) is 2.71. The number of sulfonamides is 1. The molecule has 0 atom stereocenters. The van der Waals surface area contributed by atoms with Gasteiger partial charge in [0.25, 0.3) is 0 Å². The van der Waals surface area contributed by atoms with Gasteiger partial charge in [-0.05, 0) is 57.0 Å². The molecule has 0 spiro atoms. The molecule has 2 aromatic rings. The van der Waals surface area contributed by atoms with E-state index in [9.17, 15) is 13.2 Å². The number of benzene rings is 2. The van der Waals surface area contributed by atoms with E-state index in [2.05, 4.69) is 21.2 Å². The van der Waals surface area contributed by atoms with Crippen LogP contribution in [0.2, 0.25) is 0 Å². The number of hydrogen-bond donors (Lipinski definition) is 1. The first kappa shape index (κ1) is 24.5. The number of hydrogen-bond acceptors (Lipinski definition) is 4. The lowest BCUT2D eigenvalue weighted by molar-refractivity contribution is -0.121. The number of rotatable bonds is 11. The number of aryl methyl sites for hydroxylation is 1. The zero-order valence-corrected chi connectivity index (χ0v) is 20.0. The van der Waals surface area contributed by atoms with Gasteiger partial charge in [0, 0.05) is 24.2 Å². The largest absolute Gasteiger partial charge is 0.379 e. The summed E-state index contributed by atoms with van der Waals surface area (Å²) in [4.78, 5) is 12.6. The maximum atomic E-state index is 13.2. The van der Waals surface area contributed by atoms with Gasteiger partial charge in [-0.3, -0.25) is 4.79 Å². The van der Waals surface area contributed by atoms with E-state index >= 15 is 0 Å². The second-order valence-corrected chi connectivity index (χ2v) is 10.2. The van der Waals surface area contributed by atoms with Crippen molar-refractivity contribution in [1.82, 2.24) is 9.62 Å². The van der Waals surface area contributed by atoms with Crippen LogP contribution in [-0.2, 0) is 26.1 Å². The second kappa shape index (κ2) is 11.6. The van der Waals surface area contributed by atoms with Crippen molar-refractivity contribution in [3.8, 4) is 0 Å². The molecule has 0 saturated heterocycles. The number of nitrogens with zero attached hydrogens (tertiary/aromatic N) is 1. The van der Waals surface area contributed by atoms with Crippen LogP contribution in [0.5, 0.6) is 0 Å². The molecule has 0 bridgehead atoms. The van der Waals surface area contributed by atoms with Crippen LogP contribution in [0.1, 0.15) is 31.4 Å². The Hall–Kier alpha value is -1.74. The minimum Gasteiger partial charge on any atom is -0.379 e. The quantitative estimate of drug-likeness (QED) is 0.479. The molecule has 6 nitrogen and oxygen atoms in total. The van der Waals surface area contributed by atoms with Crippen LogP contribution in [0.4, 0.5) is 0 Å². The molecule has 2 rings (SSSR count). The lowest BCUT2D eigenvalue weighted by Crippen LogP contribution is -2.40. The molecule has 1 N–H and O–H groups in total. The molecule has 8 heteroatoms. The molecule has 0 aromatic heterocycles. The number of amides is 1. The molecule has 0 radical (unpaired) electrons. The molecule has 0 unspecified atom stereocenters. The minimum absolute atomic E-state index is 0.105. The van der Waals surface area contributed by atoms with Crippen LogP contribution >= 0.6 is 15.9 Å². The van der Waals surface area contributed by atoms with Gasteiger partial charge in [0.05, 0.1) is 17.5 Å². The highest BCUT2D eigenvalue weighted by molar-refractivity contribution is 9.10. The molecular weight excluding hydrogens is 468 g/mol. The average molecular weight is 497 g/mol. The summed E-state index contributed by atoms with van der Waals surface area (Å²) < 4.78 is 34.0. The third-order valence-corrected chi connectivity index (χ3v) is 6.68. The van der Waals surface area contributed by atoms with Crippen LogP contribution in [0.15, 0.2) is 57.9 Å². The van der Waals surface area contributed by atoms with Crippen LogP contribution in [0.25, 0.3) is 0 Å².